The zero-order chi connectivity index (χ0) is 19.7. The molecule has 1 aromatic heterocycles. The van der Waals surface area contributed by atoms with Gasteiger partial charge in [0.2, 0.25) is 0 Å². The Balaban J connectivity index is 1.15. The van der Waals surface area contributed by atoms with E-state index in [4.69, 9.17) is 4.74 Å². The topological polar surface area (TPSA) is 37.7 Å². The van der Waals surface area contributed by atoms with Crippen LogP contribution in [0.3, 0.4) is 0 Å². The van der Waals surface area contributed by atoms with E-state index in [1.165, 1.54) is 24.2 Å². The highest BCUT2D eigenvalue weighted by Gasteiger charge is 2.50. The second kappa shape index (κ2) is 7.86. The summed E-state index contributed by atoms with van der Waals surface area (Å²) in [6, 6.07) is 12.8. The van der Waals surface area contributed by atoms with Crippen molar-refractivity contribution in [1.29, 1.82) is 0 Å². The highest BCUT2D eigenvalue weighted by molar-refractivity contribution is 5.79. The first-order valence-corrected chi connectivity index (χ1v) is 11.1. The van der Waals surface area contributed by atoms with Crippen molar-refractivity contribution in [2.24, 2.45) is 5.41 Å². The number of ether oxygens (including phenoxy) is 1. The van der Waals surface area contributed by atoms with Gasteiger partial charge in [0.05, 0.1) is 16.8 Å². The molecule has 154 valence electrons. The Morgan fingerprint density at radius 1 is 0.931 bits per heavy atom. The fraction of sp³-hybridized carbons (Fsp3) is 0.542. The van der Waals surface area contributed by atoms with Crippen LogP contribution in [0.5, 0.6) is 0 Å². The summed E-state index contributed by atoms with van der Waals surface area (Å²) in [5.74, 6) is 0.0893. The van der Waals surface area contributed by atoms with Crippen LogP contribution in [0.15, 0.2) is 48.8 Å². The summed E-state index contributed by atoms with van der Waals surface area (Å²) in [7, 11) is 0. The van der Waals surface area contributed by atoms with Crippen LogP contribution in [0.1, 0.15) is 38.5 Å². The molecule has 5 nitrogen and oxygen atoms in total. The van der Waals surface area contributed by atoms with Crippen LogP contribution in [0.2, 0.25) is 0 Å². The second-order valence-electron chi connectivity index (χ2n) is 8.92. The van der Waals surface area contributed by atoms with Gasteiger partial charge < -0.3 is 14.2 Å². The third-order valence-corrected chi connectivity index (χ3v) is 7.13. The zero-order valence-corrected chi connectivity index (χ0v) is 17.1. The number of aromatic nitrogens is 1. The quantitative estimate of drug-likeness (QED) is 0.723. The molecule has 0 radical (unpaired) electrons. The average Bonchev–Trinajstić information content (AvgIpc) is 3.50. The lowest BCUT2D eigenvalue weighted by Gasteiger charge is -2.37. The number of cyclic esters (lactones) is 1. The lowest BCUT2D eigenvalue weighted by atomic mass is 9.83. The number of carbonyl (C=O) groups is 1. The number of benzene rings is 1. The standard InChI is InChI=1S/C24H31N3O2/c28-23-24(10-3-4-11-24)19-20(29-23)9-14-25-15-17-27(18-16-25)22-8-2-1-7-21(22)26-12-5-6-13-26/h1-2,5-8,12-13,20H,3-4,9-11,14-19H2. The summed E-state index contributed by atoms with van der Waals surface area (Å²) < 4.78 is 7.95. The number of hydrogen-bond donors (Lipinski definition) is 0. The van der Waals surface area contributed by atoms with Crippen LogP contribution in [-0.2, 0) is 9.53 Å². The van der Waals surface area contributed by atoms with Gasteiger partial charge in [-0.25, -0.2) is 0 Å². The summed E-state index contributed by atoms with van der Waals surface area (Å²) in [6.07, 6.45) is 10.7. The molecular formula is C24H31N3O2. The average molecular weight is 394 g/mol. The van der Waals surface area contributed by atoms with Crippen LogP contribution in [0, 0.1) is 5.41 Å². The molecule has 29 heavy (non-hydrogen) atoms. The molecule has 1 aliphatic carbocycles. The lowest BCUT2D eigenvalue weighted by molar-refractivity contribution is -0.148. The third-order valence-electron chi connectivity index (χ3n) is 7.13. The molecule has 3 heterocycles. The van der Waals surface area contributed by atoms with Gasteiger partial charge >= 0.3 is 5.97 Å². The normalized spacial score (nSPS) is 24.3. The number of anilines is 1. The molecule has 0 amide bonds. The summed E-state index contributed by atoms with van der Waals surface area (Å²) in [5.41, 5.74) is 2.42. The van der Waals surface area contributed by atoms with Crippen molar-refractivity contribution in [2.45, 2.75) is 44.6 Å². The van der Waals surface area contributed by atoms with E-state index < -0.39 is 0 Å². The first-order chi connectivity index (χ1) is 14.2. The predicted molar refractivity (Wildman–Crippen MR) is 114 cm³/mol. The van der Waals surface area contributed by atoms with Crippen LogP contribution < -0.4 is 4.90 Å². The van der Waals surface area contributed by atoms with Crippen LogP contribution >= 0.6 is 0 Å². The number of carbonyl (C=O) groups excluding carboxylic acids is 1. The fourth-order valence-electron chi connectivity index (χ4n) is 5.44. The molecule has 2 aromatic rings. The molecule has 3 aliphatic rings. The van der Waals surface area contributed by atoms with Crippen molar-refractivity contribution in [3.63, 3.8) is 0 Å². The second-order valence-corrected chi connectivity index (χ2v) is 8.92. The molecule has 1 unspecified atom stereocenters. The smallest absolute Gasteiger partial charge is 0.312 e. The van der Waals surface area contributed by atoms with Crippen molar-refractivity contribution in [1.82, 2.24) is 9.47 Å². The van der Waals surface area contributed by atoms with Gasteiger partial charge in [-0.05, 0) is 43.5 Å². The molecule has 1 spiro atoms. The predicted octanol–water partition coefficient (Wildman–Crippen LogP) is 3.87. The summed E-state index contributed by atoms with van der Waals surface area (Å²) in [5, 5.41) is 0. The van der Waals surface area contributed by atoms with Crippen molar-refractivity contribution >= 4 is 11.7 Å². The van der Waals surface area contributed by atoms with Crippen LogP contribution in [-0.4, -0.2) is 54.3 Å². The molecule has 3 fully saturated rings. The highest BCUT2D eigenvalue weighted by atomic mass is 16.6. The minimum absolute atomic E-state index is 0.0893. The molecule has 1 atom stereocenters. The molecule has 5 heteroatoms. The largest absolute Gasteiger partial charge is 0.462 e. The molecule has 5 rings (SSSR count). The minimum atomic E-state index is -0.120. The SMILES string of the molecule is O=C1OC(CCN2CCN(c3ccccc3-n3cccc3)CC2)CC12CCCC2. The first-order valence-electron chi connectivity index (χ1n) is 11.1. The monoisotopic (exact) mass is 393 g/mol. The maximum absolute atomic E-state index is 12.3. The van der Waals surface area contributed by atoms with E-state index in [0.717, 1.165) is 58.4 Å². The number of para-hydroxylation sites is 2. The number of rotatable bonds is 5. The molecular weight excluding hydrogens is 362 g/mol. The Hall–Kier alpha value is -2.27. The maximum Gasteiger partial charge on any atom is 0.312 e. The number of hydrogen-bond acceptors (Lipinski definition) is 4. The van der Waals surface area contributed by atoms with Crippen molar-refractivity contribution in [3.05, 3.63) is 48.8 Å². The van der Waals surface area contributed by atoms with E-state index in [2.05, 4.69) is 63.2 Å². The third kappa shape index (κ3) is 3.68. The highest BCUT2D eigenvalue weighted by Crippen LogP contribution is 2.48. The minimum Gasteiger partial charge on any atom is -0.462 e. The molecule has 2 saturated heterocycles. The van der Waals surface area contributed by atoms with Gasteiger partial charge in [0.1, 0.15) is 6.10 Å². The molecule has 0 bridgehead atoms. The Kier molecular flexibility index (Phi) is 5.08. The Morgan fingerprint density at radius 2 is 1.62 bits per heavy atom. The van der Waals surface area contributed by atoms with Crippen molar-refractivity contribution in [3.8, 4) is 5.69 Å². The summed E-state index contributed by atoms with van der Waals surface area (Å²) in [4.78, 5) is 17.4. The molecule has 1 aromatic carbocycles. The first kappa shape index (κ1) is 18.7. The van der Waals surface area contributed by atoms with Crippen molar-refractivity contribution < 1.29 is 9.53 Å². The van der Waals surface area contributed by atoms with E-state index in [1.807, 2.05) is 0 Å². The van der Waals surface area contributed by atoms with E-state index in [1.54, 1.807) is 0 Å². The fourth-order valence-corrected chi connectivity index (χ4v) is 5.44. The number of piperazine rings is 1. The maximum atomic E-state index is 12.3. The summed E-state index contributed by atoms with van der Waals surface area (Å²) in [6.45, 7) is 5.22. The van der Waals surface area contributed by atoms with E-state index in [-0.39, 0.29) is 17.5 Å². The van der Waals surface area contributed by atoms with E-state index in [0.29, 0.717) is 0 Å². The Bertz CT molecular complexity index is 834. The summed E-state index contributed by atoms with van der Waals surface area (Å²) >= 11 is 0. The van der Waals surface area contributed by atoms with E-state index >= 15 is 0 Å². The molecule has 1 saturated carbocycles. The molecule has 0 N–H and O–H groups in total. The number of esters is 1. The van der Waals surface area contributed by atoms with Crippen LogP contribution in [0.4, 0.5) is 5.69 Å². The van der Waals surface area contributed by atoms with Crippen LogP contribution in [0.25, 0.3) is 5.69 Å². The van der Waals surface area contributed by atoms with Gasteiger partial charge in [0.25, 0.3) is 0 Å². The lowest BCUT2D eigenvalue weighted by Crippen LogP contribution is -2.47. The van der Waals surface area contributed by atoms with Crippen molar-refractivity contribution in [2.75, 3.05) is 37.6 Å². The Morgan fingerprint density at radius 3 is 2.34 bits per heavy atom. The van der Waals surface area contributed by atoms with E-state index in [9.17, 15) is 4.79 Å². The van der Waals surface area contributed by atoms with Gasteiger partial charge in [0, 0.05) is 51.5 Å². The van der Waals surface area contributed by atoms with Gasteiger partial charge in [-0.1, -0.05) is 25.0 Å². The zero-order valence-electron chi connectivity index (χ0n) is 17.1. The number of nitrogens with zero attached hydrogens (tertiary/aromatic N) is 3. The Labute approximate surface area is 173 Å². The van der Waals surface area contributed by atoms with Gasteiger partial charge in [-0.15, -0.1) is 0 Å². The van der Waals surface area contributed by atoms with Gasteiger partial charge in [0.15, 0.2) is 0 Å². The molecule has 2 aliphatic heterocycles. The van der Waals surface area contributed by atoms with Gasteiger partial charge in [-0.2, -0.15) is 0 Å². The van der Waals surface area contributed by atoms with Gasteiger partial charge in [-0.3, -0.25) is 9.69 Å².